The Labute approximate surface area is 181 Å². The number of aromatic nitrogens is 2. The van der Waals surface area contributed by atoms with E-state index in [-0.39, 0.29) is 23.7 Å². The Morgan fingerprint density at radius 1 is 1.00 bits per heavy atom. The van der Waals surface area contributed by atoms with E-state index in [9.17, 15) is 18.5 Å². The van der Waals surface area contributed by atoms with Gasteiger partial charge in [0.1, 0.15) is 0 Å². The van der Waals surface area contributed by atoms with Crippen LogP contribution < -0.4 is 9.80 Å². The Kier molecular flexibility index (Phi) is 6.05. The fraction of sp³-hybridized carbons (Fsp3) is 0.500. The molecule has 2 saturated heterocycles. The highest BCUT2D eigenvalue weighted by Crippen LogP contribution is 2.25. The summed E-state index contributed by atoms with van der Waals surface area (Å²) < 4.78 is 27.2. The third-order valence-electron chi connectivity index (χ3n) is 5.96. The lowest BCUT2D eigenvalue weighted by Gasteiger charge is -2.35. The molecule has 1 aromatic carbocycles. The van der Waals surface area contributed by atoms with E-state index in [1.165, 1.54) is 28.9 Å². The van der Waals surface area contributed by atoms with E-state index < -0.39 is 14.9 Å². The topological polar surface area (TPSA) is 113 Å². The summed E-state index contributed by atoms with van der Waals surface area (Å²) in [7, 11) is -3.79. The minimum atomic E-state index is -3.79. The van der Waals surface area contributed by atoms with Crippen molar-refractivity contribution in [3.63, 3.8) is 0 Å². The maximum Gasteiger partial charge on any atom is 0.270 e. The van der Waals surface area contributed by atoms with Gasteiger partial charge in [0.25, 0.3) is 5.69 Å². The van der Waals surface area contributed by atoms with Crippen LogP contribution >= 0.6 is 0 Å². The van der Waals surface area contributed by atoms with Crippen molar-refractivity contribution in [3.05, 3.63) is 46.5 Å². The zero-order valence-electron chi connectivity index (χ0n) is 17.4. The highest BCUT2D eigenvalue weighted by molar-refractivity contribution is 7.89. The van der Waals surface area contributed by atoms with Crippen LogP contribution in [0.5, 0.6) is 0 Å². The number of nitro groups is 1. The molecular formula is C20H26N6O4S. The molecule has 0 amide bonds. The fourth-order valence-corrected chi connectivity index (χ4v) is 5.61. The standard InChI is InChI=1S/C20H26N6O4S/c1-16-5-2-3-10-25(16)20-9-8-19(21-22-20)23-11-13-24(14-12-23)31(29,30)18-7-4-6-17(15-18)26(27)28/h4,6-9,15-16H,2-3,5,10-14H2,1H3/t16-/m1/s1. The van der Waals surface area contributed by atoms with E-state index in [2.05, 4.69) is 22.0 Å². The predicted octanol–water partition coefficient (Wildman–Crippen LogP) is 2.27. The lowest BCUT2D eigenvalue weighted by atomic mass is 10.0. The summed E-state index contributed by atoms with van der Waals surface area (Å²) in [5.74, 6) is 1.60. The minimum absolute atomic E-state index is 0.0602. The van der Waals surface area contributed by atoms with Crippen molar-refractivity contribution in [3.8, 4) is 0 Å². The molecule has 31 heavy (non-hydrogen) atoms. The molecule has 166 valence electrons. The van der Waals surface area contributed by atoms with Crippen LogP contribution in [0.15, 0.2) is 41.3 Å². The molecule has 2 aromatic rings. The molecule has 0 aliphatic carbocycles. The highest BCUT2D eigenvalue weighted by atomic mass is 32.2. The summed E-state index contributed by atoms with van der Waals surface area (Å²) >= 11 is 0. The summed E-state index contributed by atoms with van der Waals surface area (Å²) in [4.78, 5) is 14.6. The second-order valence-corrected chi connectivity index (χ2v) is 9.87. The van der Waals surface area contributed by atoms with Crippen LogP contribution in [0.2, 0.25) is 0 Å². The number of anilines is 2. The van der Waals surface area contributed by atoms with Gasteiger partial charge in [0.15, 0.2) is 11.6 Å². The van der Waals surface area contributed by atoms with Gasteiger partial charge in [-0.2, -0.15) is 4.31 Å². The van der Waals surface area contributed by atoms with Crippen LogP contribution in [0.1, 0.15) is 26.2 Å². The largest absolute Gasteiger partial charge is 0.352 e. The predicted molar refractivity (Wildman–Crippen MR) is 117 cm³/mol. The third-order valence-corrected chi connectivity index (χ3v) is 7.86. The number of hydrogen-bond donors (Lipinski definition) is 0. The highest BCUT2D eigenvalue weighted by Gasteiger charge is 2.30. The van der Waals surface area contributed by atoms with Crippen LogP contribution in [-0.2, 0) is 10.0 Å². The van der Waals surface area contributed by atoms with Crippen molar-refractivity contribution in [1.29, 1.82) is 0 Å². The van der Waals surface area contributed by atoms with Gasteiger partial charge in [-0.3, -0.25) is 10.1 Å². The van der Waals surface area contributed by atoms with Crippen molar-refractivity contribution in [1.82, 2.24) is 14.5 Å². The SMILES string of the molecule is C[C@@H]1CCCCN1c1ccc(N2CCN(S(=O)(=O)c3cccc([N+](=O)[O-])c3)CC2)nn1. The number of nitro benzene ring substituents is 1. The average Bonchev–Trinajstić information content (AvgIpc) is 2.80. The monoisotopic (exact) mass is 446 g/mol. The smallest absolute Gasteiger partial charge is 0.270 e. The molecule has 1 aromatic heterocycles. The zero-order chi connectivity index (χ0) is 22.0. The molecule has 0 spiro atoms. The fourth-order valence-electron chi connectivity index (χ4n) is 4.14. The number of piperidine rings is 1. The van der Waals surface area contributed by atoms with Gasteiger partial charge in [-0.05, 0) is 44.4 Å². The van der Waals surface area contributed by atoms with Crippen LogP contribution in [-0.4, -0.2) is 66.6 Å². The molecule has 2 aliphatic heterocycles. The molecule has 11 heteroatoms. The maximum absolute atomic E-state index is 12.9. The van der Waals surface area contributed by atoms with E-state index in [0.29, 0.717) is 19.1 Å². The molecule has 10 nitrogen and oxygen atoms in total. The van der Waals surface area contributed by atoms with Gasteiger partial charge in [-0.25, -0.2) is 8.42 Å². The Morgan fingerprint density at radius 2 is 1.71 bits per heavy atom. The van der Waals surface area contributed by atoms with Gasteiger partial charge in [0.05, 0.1) is 9.82 Å². The zero-order valence-corrected chi connectivity index (χ0v) is 18.2. The lowest BCUT2D eigenvalue weighted by molar-refractivity contribution is -0.385. The van der Waals surface area contributed by atoms with E-state index in [1.54, 1.807) is 0 Å². The molecule has 0 radical (unpaired) electrons. The van der Waals surface area contributed by atoms with Crippen molar-refractivity contribution in [2.45, 2.75) is 37.1 Å². The van der Waals surface area contributed by atoms with Crippen molar-refractivity contribution >= 4 is 27.3 Å². The second kappa shape index (κ2) is 8.75. The Morgan fingerprint density at radius 3 is 2.35 bits per heavy atom. The summed E-state index contributed by atoms with van der Waals surface area (Å²) in [6, 6.07) is 9.54. The molecule has 0 unspecified atom stereocenters. The summed E-state index contributed by atoms with van der Waals surface area (Å²) in [6.45, 7) is 4.69. The summed E-state index contributed by atoms with van der Waals surface area (Å²) in [5.41, 5.74) is -0.238. The first-order chi connectivity index (χ1) is 14.9. The molecule has 0 bridgehead atoms. The molecule has 2 aliphatic rings. The van der Waals surface area contributed by atoms with E-state index in [0.717, 1.165) is 37.1 Å². The molecule has 0 saturated carbocycles. The van der Waals surface area contributed by atoms with Gasteiger partial charge >= 0.3 is 0 Å². The number of rotatable bonds is 5. The van der Waals surface area contributed by atoms with E-state index in [1.807, 2.05) is 17.0 Å². The number of non-ortho nitro benzene ring substituents is 1. The maximum atomic E-state index is 12.9. The Bertz CT molecular complexity index is 1040. The molecular weight excluding hydrogens is 420 g/mol. The number of hydrogen-bond acceptors (Lipinski definition) is 8. The minimum Gasteiger partial charge on any atom is -0.352 e. The van der Waals surface area contributed by atoms with Gasteiger partial charge in [0, 0.05) is 50.9 Å². The van der Waals surface area contributed by atoms with Gasteiger partial charge in [-0.15, -0.1) is 10.2 Å². The first kappa shape index (κ1) is 21.4. The molecule has 4 rings (SSSR count). The van der Waals surface area contributed by atoms with Crippen LogP contribution in [0.4, 0.5) is 17.3 Å². The number of benzene rings is 1. The number of piperazine rings is 1. The lowest BCUT2D eigenvalue weighted by Crippen LogP contribution is -2.49. The number of sulfonamides is 1. The van der Waals surface area contributed by atoms with Crippen LogP contribution in [0.25, 0.3) is 0 Å². The van der Waals surface area contributed by atoms with Crippen molar-refractivity contribution in [2.75, 3.05) is 42.5 Å². The van der Waals surface area contributed by atoms with E-state index >= 15 is 0 Å². The van der Waals surface area contributed by atoms with Gasteiger partial charge in [0.2, 0.25) is 10.0 Å². The summed E-state index contributed by atoms with van der Waals surface area (Å²) in [5, 5.41) is 19.8. The van der Waals surface area contributed by atoms with Crippen LogP contribution in [0.3, 0.4) is 0 Å². The molecule has 2 fully saturated rings. The first-order valence-corrected chi connectivity index (χ1v) is 11.9. The first-order valence-electron chi connectivity index (χ1n) is 10.5. The average molecular weight is 447 g/mol. The third kappa shape index (κ3) is 4.47. The Hall–Kier alpha value is -2.79. The van der Waals surface area contributed by atoms with Gasteiger partial charge in [-0.1, -0.05) is 6.07 Å². The number of nitrogens with zero attached hydrogens (tertiary/aromatic N) is 6. The van der Waals surface area contributed by atoms with Gasteiger partial charge < -0.3 is 9.80 Å². The normalized spacial score (nSPS) is 20.6. The Balaban J connectivity index is 1.41. The van der Waals surface area contributed by atoms with Crippen LogP contribution in [0, 0.1) is 10.1 Å². The summed E-state index contributed by atoms with van der Waals surface area (Å²) in [6.07, 6.45) is 3.56. The van der Waals surface area contributed by atoms with Crippen molar-refractivity contribution < 1.29 is 13.3 Å². The quantitative estimate of drug-likeness (QED) is 0.508. The molecule has 0 N–H and O–H groups in total. The molecule has 1 atom stereocenters. The molecule has 3 heterocycles. The van der Waals surface area contributed by atoms with Crippen molar-refractivity contribution in [2.24, 2.45) is 0 Å². The second-order valence-electron chi connectivity index (χ2n) is 7.93. The van der Waals surface area contributed by atoms with E-state index in [4.69, 9.17) is 0 Å².